The molecule has 18 heavy (non-hydrogen) atoms. The maximum absolute atomic E-state index is 11.5. The lowest BCUT2D eigenvalue weighted by molar-refractivity contribution is -0.121. The number of amides is 3. The number of rotatable bonds is 5. The second kappa shape index (κ2) is 6.99. The van der Waals surface area contributed by atoms with E-state index in [-0.39, 0.29) is 10.7 Å². The standard InChI is InChI=1S/C12H23N3O2S/c1-9(10(16)15-11(13)17)14-8-12(18-2)6-4-3-5-7-12/h9,14H,3-8H2,1-2H3,(H3,13,15,16,17). The van der Waals surface area contributed by atoms with Crippen molar-refractivity contribution < 1.29 is 9.59 Å². The van der Waals surface area contributed by atoms with E-state index in [2.05, 4.69) is 16.9 Å². The fraction of sp³-hybridized carbons (Fsp3) is 0.833. The van der Waals surface area contributed by atoms with Crippen molar-refractivity contribution in [1.29, 1.82) is 0 Å². The van der Waals surface area contributed by atoms with Crippen LogP contribution >= 0.6 is 11.8 Å². The zero-order chi connectivity index (χ0) is 13.6. The van der Waals surface area contributed by atoms with Crippen molar-refractivity contribution in [1.82, 2.24) is 10.6 Å². The van der Waals surface area contributed by atoms with Gasteiger partial charge in [-0.2, -0.15) is 11.8 Å². The van der Waals surface area contributed by atoms with Gasteiger partial charge in [-0.25, -0.2) is 4.79 Å². The van der Waals surface area contributed by atoms with Crippen LogP contribution in [0.25, 0.3) is 0 Å². The summed E-state index contributed by atoms with van der Waals surface area (Å²) in [4.78, 5) is 22.1. The number of nitrogens with two attached hydrogens (primary N) is 1. The molecule has 0 heterocycles. The minimum absolute atomic E-state index is 0.236. The molecule has 1 rings (SSSR count). The maximum atomic E-state index is 11.5. The highest BCUT2D eigenvalue weighted by Gasteiger charge is 2.31. The summed E-state index contributed by atoms with van der Waals surface area (Å²) in [5.74, 6) is -0.366. The van der Waals surface area contributed by atoms with Crippen LogP contribution in [0.2, 0.25) is 0 Å². The smallest absolute Gasteiger partial charge is 0.318 e. The molecular formula is C12H23N3O2S. The number of hydrogen-bond acceptors (Lipinski definition) is 4. The Morgan fingerprint density at radius 1 is 1.33 bits per heavy atom. The number of carbonyl (C=O) groups excluding carboxylic acids is 2. The van der Waals surface area contributed by atoms with Gasteiger partial charge in [-0.3, -0.25) is 10.1 Å². The minimum atomic E-state index is -0.800. The van der Waals surface area contributed by atoms with Gasteiger partial charge in [-0.05, 0) is 26.0 Å². The minimum Gasteiger partial charge on any atom is -0.351 e. The van der Waals surface area contributed by atoms with Gasteiger partial charge in [-0.15, -0.1) is 0 Å². The number of primary amides is 1. The zero-order valence-corrected chi connectivity index (χ0v) is 11.9. The summed E-state index contributed by atoms with van der Waals surface area (Å²) in [6.07, 6.45) is 8.31. The Morgan fingerprint density at radius 3 is 2.44 bits per heavy atom. The zero-order valence-electron chi connectivity index (χ0n) is 11.1. The molecule has 6 heteroatoms. The highest BCUT2D eigenvalue weighted by molar-refractivity contribution is 8.00. The van der Waals surface area contributed by atoms with Gasteiger partial charge in [0.15, 0.2) is 0 Å². The number of thioether (sulfide) groups is 1. The number of imide groups is 1. The van der Waals surface area contributed by atoms with Crippen molar-refractivity contribution in [2.75, 3.05) is 12.8 Å². The lowest BCUT2D eigenvalue weighted by Gasteiger charge is -2.36. The van der Waals surface area contributed by atoms with Crippen LogP contribution in [0.15, 0.2) is 0 Å². The van der Waals surface area contributed by atoms with E-state index in [0.29, 0.717) is 0 Å². The quantitative estimate of drug-likeness (QED) is 0.703. The van der Waals surface area contributed by atoms with Gasteiger partial charge >= 0.3 is 6.03 Å². The lowest BCUT2D eigenvalue weighted by Crippen LogP contribution is -2.50. The molecule has 0 spiro atoms. The summed E-state index contributed by atoms with van der Waals surface area (Å²) in [7, 11) is 0. The Bertz CT molecular complexity index is 304. The van der Waals surface area contributed by atoms with Gasteiger partial charge in [0.05, 0.1) is 6.04 Å². The molecule has 4 N–H and O–H groups in total. The number of carbonyl (C=O) groups is 2. The number of hydrogen-bond donors (Lipinski definition) is 3. The Labute approximate surface area is 113 Å². The molecule has 0 radical (unpaired) electrons. The molecule has 1 aliphatic rings. The van der Waals surface area contributed by atoms with Crippen molar-refractivity contribution in [3.63, 3.8) is 0 Å². The molecule has 5 nitrogen and oxygen atoms in total. The highest BCUT2D eigenvalue weighted by atomic mass is 32.2. The predicted molar refractivity (Wildman–Crippen MR) is 74.5 cm³/mol. The molecule has 1 unspecified atom stereocenters. The Kier molecular flexibility index (Phi) is 5.95. The van der Waals surface area contributed by atoms with Crippen LogP contribution < -0.4 is 16.4 Å². The Hall–Kier alpha value is -0.750. The molecule has 0 saturated heterocycles. The molecule has 0 aromatic heterocycles. The van der Waals surface area contributed by atoms with Crippen molar-refractivity contribution in [3.8, 4) is 0 Å². The SMILES string of the molecule is CSC1(CNC(C)C(=O)NC(N)=O)CCCCC1. The van der Waals surface area contributed by atoms with Gasteiger partial charge in [0, 0.05) is 11.3 Å². The molecule has 3 amide bonds. The first kappa shape index (κ1) is 15.3. The third-order valence-electron chi connectivity index (χ3n) is 3.57. The summed E-state index contributed by atoms with van der Waals surface area (Å²) in [6, 6.07) is -1.20. The summed E-state index contributed by atoms with van der Waals surface area (Å²) in [6.45, 7) is 2.54. The second-order valence-electron chi connectivity index (χ2n) is 4.90. The van der Waals surface area contributed by atoms with E-state index in [1.165, 1.54) is 32.1 Å². The van der Waals surface area contributed by atoms with Crippen LogP contribution in [0.3, 0.4) is 0 Å². The third-order valence-corrected chi connectivity index (χ3v) is 4.99. The summed E-state index contributed by atoms with van der Waals surface area (Å²) in [5, 5.41) is 5.30. The number of urea groups is 1. The van der Waals surface area contributed by atoms with Crippen molar-refractivity contribution in [3.05, 3.63) is 0 Å². The molecular weight excluding hydrogens is 250 g/mol. The van der Waals surface area contributed by atoms with E-state index in [1.54, 1.807) is 6.92 Å². The van der Waals surface area contributed by atoms with Gasteiger partial charge in [0.1, 0.15) is 0 Å². The molecule has 1 aliphatic carbocycles. The van der Waals surface area contributed by atoms with Crippen LogP contribution in [0, 0.1) is 0 Å². The summed E-state index contributed by atoms with van der Waals surface area (Å²) < 4.78 is 0.236. The monoisotopic (exact) mass is 273 g/mol. The first-order valence-electron chi connectivity index (χ1n) is 6.38. The van der Waals surface area contributed by atoms with E-state index < -0.39 is 12.1 Å². The molecule has 0 aromatic rings. The van der Waals surface area contributed by atoms with Crippen molar-refractivity contribution >= 4 is 23.7 Å². The van der Waals surface area contributed by atoms with E-state index in [9.17, 15) is 9.59 Å². The Balaban J connectivity index is 2.42. The van der Waals surface area contributed by atoms with E-state index in [4.69, 9.17) is 5.73 Å². The second-order valence-corrected chi connectivity index (χ2v) is 6.18. The summed E-state index contributed by atoms with van der Waals surface area (Å²) >= 11 is 1.87. The van der Waals surface area contributed by atoms with Crippen LogP contribution in [0.1, 0.15) is 39.0 Å². The van der Waals surface area contributed by atoms with Crippen LogP contribution in [-0.4, -0.2) is 35.5 Å². The highest BCUT2D eigenvalue weighted by Crippen LogP contribution is 2.37. The Morgan fingerprint density at radius 2 is 1.94 bits per heavy atom. The normalized spacial score (nSPS) is 20.1. The molecule has 1 fully saturated rings. The fourth-order valence-corrected chi connectivity index (χ4v) is 3.24. The molecule has 0 aliphatic heterocycles. The molecule has 0 bridgehead atoms. The first-order chi connectivity index (χ1) is 8.49. The van der Waals surface area contributed by atoms with E-state index in [0.717, 1.165) is 6.54 Å². The third kappa shape index (κ3) is 4.49. The molecule has 104 valence electrons. The van der Waals surface area contributed by atoms with Crippen LogP contribution in [0.5, 0.6) is 0 Å². The summed E-state index contributed by atoms with van der Waals surface area (Å²) in [5.41, 5.74) is 4.92. The molecule has 0 aromatic carbocycles. The number of nitrogens with one attached hydrogen (secondary N) is 2. The van der Waals surface area contributed by atoms with Gasteiger partial charge < -0.3 is 11.1 Å². The first-order valence-corrected chi connectivity index (χ1v) is 7.60. The maximum Gasteiger partial charge on any atom is 0.318 e. The molecule has 1 atom stereocenters. The topological polar surface area (TPSA) is 84.2 Å². The largest absolute Gasteiger partial charge is 0.351 e. The van der Waals surface area contributed by atoms with Crippen LogP contribution in [0.4, 0.5) is 4.79 Å². The van der Waals surface area contributed by atoms with Crippen LogP contribution in [-0.2, 0) is 4.79 Å². The van der Waals surface area contributed by atoms with E-state index in [1.807, 2.05) is 11.8 Å². The predicted octanol–water partition coefficient (Wildman–Crippen LogP) is 1.23. The van der Waals surface area contributed by atoms with Gasteiger partial charge in [0.2, 0.25) is 5.91 Å². The van der Waals surface area contributed by atoms with Crippen molar-refractivity contribution in [2.45, 2.75) is 49.8 Å². The molecule has 1 saturated carbocycles. The van der Waals surface area contributed by atoms with Gasteiger partial charge in [0.25, 0.3) is 0 Å². The lowest BCUT2D eigenvalue weighted by atomic mass is 9.88. The average molecular weight is 273 g/mol. The van der Waals surface area contributed by atoms with Gasteiger partial charge in [-0.1, -0.05) is 19.3 Å². The van der Waals surface area contributed by atoms with Crippen molar-refractivity contribution in [2.24, 2.45) is 5.73 Å². The fourth-order valence-electron chi connectivity index (χ4n) is 2.31. The average Bonchev–Trinajstić information content (AvgIpc) is 2.36. The van der Waals surface area contributed by atoms with E-state index >= 15 is 0 Å².